The maximum Gasteiger partial charge on any atom is 0.224 e. The predicted molar refractivity (Wildman–Crippen MR) is 83.8 cm³/mol. The van der Waals surface area contributed by atoms with E-state index in [1.165, 1.54) is 6.26 Å². The van der Waals surface area contributed by atoms with Gasteiger partial charge in [-0.3, -0.25) is 4.79 Å². The molecule has 1 aliphatic rings. The van der Waals surface area contributed by atoms with Crippen molar-refractivity contribution in [1.29, 1.82) is 0 Å². The van der Waals surface area contributed by atoms with Gasteiger partial charge in [-0.2, -0.15) is 0 Å². The first kappa shape index (κ1) is 16.0. The van der Waals surface area contributed by atoms with Crippen molar-refractivity contribution in [3.63, 3.8) is 0 Å². The normalized spacial score (nSPS) is 18.6. The summed E-state index contributed by atoms with van der Waals surface area (Å²) in [5.74, 6) is 0.640. The highest BCUT2D eigenvalue weighted by molar-refractivity contribution is 7.89. The van der Waals surface area contributed by atoms with Crippen molar-refractivity contribution in [3.8, 4) is 0 Å². The van der Waals surface area contributed by atoms with E-state index in [1.807, 2.05) is 0 Å². The number of amides is 1. The van der Waals surface area contributed by atoms with Crippen molar-refractivity contribution >= 4 is 21.4 Å². The minimum atomic E-state index is -3.02. The minimum absolute atomic E-state index is 0.0118. The van der Waals surface area contributed by atoms with Crippen molar-refractivity contribution in [2.24, 2.45) is 5.92 Å². The van der Waals surface area contributed by atoms with Gasteiger partial charge in [-0.1, -0.05) is 12.1 Å². The lowest BCUT2D eigenvalue weighted by Crippen LogP contribution is -2.15. The number of carbonyl (C=O) groups is 1. The van der Waals surface area contributed by atoms with E-state index in [1.54, 1.807) is 24.3 Å². The fraction of sp³-hybridized carbons (Fsp3) is 0.533. The van der Waals surface area contributed by atoms with Crippen molar-refractivity contribution < 1.29 is 13.2 Å². The van der Waals surface area contributed by atoms with Crippen LogP contribution in [-0.2, 0) is 20.4 Å². The third-order valence-corrected chi connectivity index (χ3v) is 4.47. The molecule has 116 valence electrons. The molecule has 0 radical (unpaired) electrons. The van der Waals surface area contributed by atoms with Crippen LogP contribution in [0, 0.1) is 5.92 Å². The van der Waals surface area contributed by atoms with Gasteiger partial charge in [0.2, 0.25) is 5.91 Å². The first-order chi connectivity index (χ1) is 9.92. The summed E-state index contributed by atoms with van der Waals surface area (Å²) in [5.41, 5.74) is 1.44. The zero-order chi connectivity index (χ0) is 15.3. The Balaban J connectivity index is 1.80. The predicted octanol–water partition coefficient (Wildman–Crippen LogP) is 1.56. The summed E-state index contributed by atoms with van der Waals surface area (Å²) in [6.07, 6.45) is 3.79. The molecule has 1 atom stereocenters. The molecule has 1 saturated heterocycles. The summed E-state index contributed by atoms with van der Waals surface area (Å²) in [6.45, 7) is 2.06. The van der Waals surface area contributed by atoms with Crippen LogP contribution < -0.4 is 10.6 Å². The molecule has 6 heteroatoms. The standard InChI is InChI=1S/C15H22N2O3S/c1-21(19,20)11-13-2-5-14(6-3-13)17-15(18)7-4-12-8-9-16-10-12/h2-3,5-6,12,16H,4,7-11H2,1H3,(H,17,18). The van der Waals surface area contributed by atoms with Gasteiger partial charge >= 0.3 is 0 Å². The van der Waals surface area contributed by atoms with Gasteiger partial charge in [-0.05, 0) is 49.5 Å². The Morgan fingerprint density at radius 1 is 1.33 bits per heavy atom. The molecular weight excluding hydrogens is 288 g/mol. The van der Waals surface area contributed by atoms with Crippen LogP contribution in [0.5, 0.6) is 0 Å². The number of sulfone groups is 1. The average molecular weight is 310 g/mol. The van der Waals surface area contributed by atoms with E-state index in [0.29, 0.717) is 18.0 Å². The number of carbonyl (C=O) groups excluding carboxylic acids is 1. The van der Waals surface area contributed by atoms with Gasteiger partial charge in [0, 0.05) is 18.4 Å². The van der Waals surface area contributed by atoms with Crippen molar-refractivity contribution in [3.05, 3.63) is 29.8 Å². The number of nitrogens with one attached hydrogen (secondary N) is 2. The van der Waals surface area contributed by atoms with Gasteiger partial charge in [0.15, 0.2) is 9.84 Å². The van der Waals surface area contributed by atoms with Gasteiger partial charge < -0.3 is 10.6 Å². The first-order valence-electron chi connectivity index (χ1n) is 7.19. The number of anilines is 1. The molecular formula is C15H22N2O3S. The Labute approximate surface area is 126 Å². The molecule has 1 fully saturated rings. The van der Waals surface area contributed by atoms with E-state index in [2.05, 4.69) is 10.6 Å². The minimum Gasteiger partial charge on any atom is -0.326 e. The van der Waals surface area contributed by atoms with Crippen LogP contribution in [0.3, 0.4) is 0 Å². The fourth-order valence-electron chi connectivity index (χ4n) is 2.51. The Morgan fingerprint density at radius 2 is 2.05 bits per heavy atom. The lowest BCUT2D eigenvalue weighted by molar-refractivity contribution is -0.116. The second-order valence-electron chi connectivity index (χ2n) is 5.71. The summed E-state index contributed by atoms with van der Waals surface area (Å²) < 4.78 is 22.4. The highest BCUT2D eigenvalue weighted by atomic mass is 32.2. The number of hydrogen-bond donors (Lipinski definition) is 2. The molecule has 1 heterocycles. The summed E-state index contributed by atoms with van der Waals surface area (Å²) in [7, 11) is -3.02. The van der Waals surface area contributed by atoms with Crippen molar-refractivity contribution in [2.45, 2.75) is 25.0 Å². The zero-order valence-corrected chi connectivity index (χ0v) is 13.1. The Kier molecular flexibility index (Phi) is 5.36. The van der Waals surface area contributed by atoms with E-state index < -0.39 is 9.84 Å². The average Bonchev–Trinajstić information content (AvgIpc) is 2.90. The zero-order valence-electron chi connectivity index (χ0n) is 12.3. The quantitative estimate of drug-likeness (QED) is 0.836. The molecule has 0 bridgehead atoms. The monoisotopic (exact) mass is 310 g/mol. The van der Waals surface area contributed by atoms with Crippen LogP contribution in [0.4, 0.5) is 5.69 Å². The summed E-state index contributed by atoms with van der Waals surface area (Å²) >= 11 is 0. The molecule has 5 nitrogen and oxygen atoms in total. The summed E-state index contributed by atoms with van der Waals surface area (Å²) in [5, 5.41) is 6.14. The van der Waals surface area contributed by atoms with Gasteiger partial charge in [0.25, 0.3) is 0 Å². The van der Waals surface area contributed by atoms with Crippen molar-refractivity contribution in [2.75, 3.05) is 24.7 Å². The van der Waals surface area contributed by atoms with Gasteiger partial charge in [-0.25, -0.2) is 8.42 Å². The van der Waals surface area contributed by atoms with Gasteiger partial charge in [0.05, 0.1) is 5.75 Å². The van der Waals surface area contributed by atoms with Crippen LogP contribution in [0.25, 0.3) is 0 Å². The van der Waals surface area contributed by atoms with Crippen LogP contribution in [0.1, 0.15) is 24.8 Å². The van der Waals surface area contributed by atoms with Gasteiger partial charge in [-0.15, -0.1) is 0 Å². The third kappa shape index (κ3) is 5.85. The van der Waals surface area contributed by atoms with E-state index in [4.69, 9.17) is 0 Å². The first-order valence-corrected chi connectivity index (χ1v) is 9.26. The van der Waals surface area contributed by atoms with E-state index >= 15 is 0 Å². The number of rotatable bonds is 6. The topological polar surface area (TPSA) is 75.3 Å². The largest absolute Gasteiger partial charge is 0.326 e. The molecule has 0 aliphatic carbocycles. The second kappa shape index (κ2) is 7.04. The van der Waals surface area contributed by atoms with Crippen LogP contribution in [0.2, 0.25) is 0 Å². The maximum absolute atomic E-state index is 11.9. The lowest BCUT2D eigenvalue weighted by Gasteiger charge is -2.09. The molecule has 1 aromatic rings. The molecule has 1 aliphatic heterocycles. The van der Waals surface area contributed by atoms with Crippen LogP contribution in [-0.4, -0.2) is 33.7 Å². The van der Waals surface area contributed by atoms with E-state index in [9.17, 15) is 13.2 Å². The second-order valence-corrected chi connectivity index (χ2v) is 7.85. The SMILES string of the molecule is CS(=O)(=O)Cc1ccc(NC(=O)CCC2CCNC2)cc1. The summed E-state index contributed by atoms with van der Waals surface area (Å²) in [6, 6.07) is 6.96. The molecule has 21 heavy (non-hydrogen) atoms. The molecule has 1 amide bonds. The lowest BCUT2D eigenvalue weighted by atomic mass is 10.0. The maximum atomic E-state index is 11.9. The Hall–Kier alpha value is -1.40. The van der Waals surface area contributed by atoms with Gasteiger partial charge in [0.1, 0.15) is 0 Å². The number of hydrogen-bond acceptors (Lipinski definition) is 4. The molecule has 1 unspecified atom stereocenters. The van der Waals surface area contributed by atoms with Crippen LogP contribution >= 0.6 is 0 Å². The summed E-state index contributed by atoms with van der Waals surface area (Å²) in [4.78, 5) is 11.9. The molecule has 0 saturated carbocycles. The molecule has 0 aromatic heterocycles. The fourth-order valence-corrected chi connectivity index (χ4v) is 3.30. The van der Waals surface area contributed by atoms with Crippen molar-refractivity contribution in [1.82, 2.24) is 5.32 Å². The highest BCUT2D eigenvalue weighted by Gasteiger charge is 2.15. The molecule has 2 N–H and O–H groups in total. The van der Waals surface area contributed by atoms with Crippen LogP contribution in [0.15, 0.2) is 24.3 Å². The Morgan fingerprint density at radius 3 is 2.62 bits per heavy atom. The molecule has 2 rings (SSSR count). The van der Waals surface area contributed by atoms with E-state index in [-0.39, 0.29) is 11.7 Å². The highest BCUT2D eigenvalue weighted by Crippen LogP contribution is 2.16. The smallest absolute Gasteiger partial charge is 0.224 e. The molecule has 1 aromatic carbocycles. The molecule has 0 spiro atoms. The Bertz CT molecular complexity index is 575. The number of benzene rings is 1. The van der Waals surface area contributed by atoms with E-state index in [0.717, 1.165) is 31.5 Å². The third-order valence-electron chi connectivity index (χ3n) is 3.61.